The predicted octanol–water partition coefficient (Wildman–Crippen LogP) is 5.32. The van der Waals surface area contributed by atoms with Crippen molar-refractivity contribution in [2.75, 3.05) is 26.7 Å². The molecule has 1 heterocycles. The Labute approximate surface area is 245 Å². The number of nitrogens with zero attached hydrogens (tertiary/aromatic N) is 5. The maximum Gasteiger partial charge on any atom is 0.334 e. The molecule has 1 unspecified atom stereocenters. The van der Waals surface area contributed by atoms with E-state index in [0.29, 0.717) is 18.7 Å². The number of hydrogen-bond donors (Lipinski definition) is 1. The number of amides is 4. The number of nitriles is 1. The van der Waals surface area contributed by atoms with Gasteiger partial charge in [-0.2, -0.15) is 10.3 Å². The number of rotatable bonds is 12. The Kier molecular flexibility index (Phi) is 14.4. The van der Waals surface area contributed by atoms with Crippen molar-refractivity contribution in [2.24, 2.45) is 0 Å². The van der Waals surface area contributed by atoms with Crippen molar-refractivity contribution in [1.29, 1.82) is 5.26 Å². The van der Waals surface area contributed by atoms with Crippen LogP contribution in [0.2, 0.25) is 0 Å². The molecule has 0 radical (unpaired) electrons. The Hall–Kier alpha value is -3.90. The molecular formula is C32H46N6O3. The van der Waals surface area contributed by atoms with Crippen molar-refractivity contribution in [3.63, 3.8) is 0 Å². The molecule has 1 aliphatic rings. The van der Waals surface area contributed by atoms with Gasteiger partial charge in [0.2, 0.25) is 11.8 Å². The normalized spacial score (nSPS) is 15.8. The minimum absolute atomic E-state index is 0.135. The number of hydrogen-bond acceptors (Lipinski definition) is 5. The largest absolute Gasteiger partial charge is 0.344 e. The molecule has 2 aromatic rings. The molecule has 222 valence electrons. The van der Waals surface area contributed by atoms with Gasteiger partial charge in [-0.3, -0.25) is 9.59 Å². The lowest BCUT2D eigenvalue weighted by molar-refractivity contribution is -0.174. The molecule has 2 aromatic carbocycles. The lowest BCUT2D eigenvalue weighted by atomic mass is 10.0. The van der Waals surface area contributed by atoms with Gasteiger partial charge in [-0.1, -0.05) is 107 Å². The summed E-state index contributed by atoms with van der Waals surface area (Å²) in [5.41, 5.74) is 1.60. The van der Waals surface area contributed by atoms with Gasteiger partial charge in [-0.25, -0.2) is 9.80 Å². The highest BCUT2D eigenvalue weighted by atomic mass is 16.2. The zero-order valence-electron chi connectivity index (χ0n) is 25.3. The first kappa shape index (κ1) is 33.3. The monoisotopic (exact) mass is 562 g/mol. The molecule has 0 aromatic heterocycles. The van der Waals surface area contributed by atoms with Crippen molar-refractivity contribution < 1.29 is 14.4 Å². The van der Waals surface area contributed by atoms with Gasteiger partial charge in [0.15, 0.2) is 0 Å². The fourth-order valence-corrected chi connectivity index (χ4v) is 4.93. The fourth-order valence-electron chi connectivity index (χ4n) is 4.93. The molecule has 41 heavy (non-hydrogen) atoms. The summed E-state index contributed by atoms with van der Waals surface area (Å²) in [4.78, 5) is 44.1. The van der Waals surface area contributed by atoms with E-state index >= 15 is 0 Å². The highest BCUT2D eigenvalue weighted by Gasteiger charge is 2.45. The average Bonchev–Trinajstić information content (AvgIpc) is 2.99. The van der Waals surface area contributed by atoms with E-state index in [2.05, 4.69) is 12.2 Å². The third-order valence-electron chi connectivity index (χ3n) is 7.02. The lowest BCUT2D eigenvalue weighted by Crippen LogP contribution is -2.68. The number of hydrazine groups is 1. The number of carbonyl (C=O) groups excluding carboxylic acids is 3. The molecule has 0 spiro atoms. The van der Waals surface area contributed by atoms with Gasteiger partial charge in [0.25, 0.3) is 0 Å². The smallest absolute Gasteiger partial charge is 0.334 e. The second kappa shape index (κ2) is 17.7. The van der Waals surface area contributed by atoms with Crippen LogP contribution in [-0.4, -0.2) is 70.5 Å². The zero-order chi connectivity index (χ0) is 30.2. The van der Waals surface area contributed by atoms with Crippen LogP contribution in [0.25, 0.3) is 0 Å². The maximum absolute atomic E-state index is 13.9. The van der Waals surface area contributed by atoms with Crippen LogP contribution < -0.4 is 5.32 Å². The van der Waals surface area contributed by atoms with Crippen LogP contribution in [0.4, 0.5) is 4.79 Å². The molecule has 1 fully saturated rings. The Morgan fingerprint density at radius 2 is 1.63 bits per heavy atom. The minimum Gasteiger partial charge on any atom is -0.344 e. The van der Waals surface area contributed by atoms with E-state index in [1.807, 2.05) is 80.6 Å². The third-order valence-corrected chi connectivity index (χ3v) is 7.02. The number of benzene rings is 2. The van der Waals surface area contributed by atoms with Crippen molar-refractivity contribution in [3.05, 3.63) is 71.8 Å². The minimum atomic E-state index is -0.900. The van der Waals surface area contributed by atoms with E-state index in [4.69, 9.17) is 0 Å². The van der Waals surface area contributed by atoms with Crippen molar-refractivity contribution in [1.82, 2.24) is 25.1 Å². The first-order valence-corrected chi connectivity index (χ1v) is 14.7. The van der Waals surface area contributed by atoms with Crippen LogP contribution in [0.1, 0.15) is 77.0 Å². The van der Waals surface area contributed by atoms with Gasteiger partial charge in [0.05, 0.1) is 12.6 Å². The molecule has 0 aliphatic carbocycles. The summed E-state index contributed by atoms with van der Waals surface area (Å²) in [6.07, 6.45) is 4.58. The second-order valence-corrected chi connectivity index (χ2v) is 9.89. The number of carbonyl (C=O) groups is 3. The molecule has 0 saturated carbocycles. The summed E-state index contributed by atoms with van der Waals surface area (Å²) in [6, 6.07) is 19.4. The summed E-state index contributed by atoms with van der Waals surface area (Å²) in [5, 5.41) is 15.1. The molecule has 4 amide bonds. The van der Waals surface area contributed by atoms with Crippen LogP contribution in [0, 0.1) is 11.3 Å². The predicted molar refractivity (Wildman–Crippen MR) is 161 cm³/mol. The fraction of sp³-hybridized carbons (Fsp3) is 0.500. The topological polar surface area (TPSA) is 100.0 Å². The summed E-state index contributed by atoms with van der Waals surface area (Å²) in [5.74, 6) is -0.515. The average molecular weight is 563 g/mol. The van der Waals surface area contributed by atoms with Gasteiger partial charge in [-0.05, 0) is 24.5 Å². The van der Waals surface area contributed by atoms with Crippen LogP contribution in [-0.2, 0) is 16.1 Å². The summed E-state index contributed by atoms with van der Waals surface area (Å²) in [7, 11) is 1.77. The number of nitrogens with one attached hydrogen (secondary N) is 1. The van der Waals surface area contributed by atoms with Gasteiger partial charge < -0.3 is 15.1 Å². The van der Waals surface area contributed by atoms with E-state index in [0.717, 1.165) is 31.2 Å². The highest BCUT2D eigenvalue weighted by molar-refractivity contribution is 5.90. The highest BCUT2D eigenvalue weighted by Crippen LogP contribution is 2.30. The van der Waals surface area contributed by atoms with E-state index in [1.54, 1.807) is 18.9 Å². The lowest BCUT2D eigenvalue weighted by Gasteiger charge is -2.49. The first-order chi connectivity index (χ1) is 19.9. The van der Waals surface area contributed by atoms with Gasteiger partial charge in [0.1, 0.15) is 18.8 Å². The Morgan fingerprint density at radius 3 is 2.24 bits per heavy atom. The summed E-state index contributed by atoms with van der Waals surface area (Å²) < 4.78 is 0. The van der Waals surface area contributed by atoms with E-state index in [9.17, 15) is 19.6 Å². The number of likely N-dealkylation sites (N-methyl/N-ethyl adjacent to an activating group) is 1. The standard InChI is InChI=1S/C30H40N6O3.C2H6/c1-4-5-6-7-14-20-33(3)29(38)28(26-17-12-9-13-18-26)35-24(2)36(34(21-19-31)23-27(35)37)30(39)32-22-25-15-10-8-11-16-25;1-2/h8-13,15-18,24,28H,4-7,14,20-23H2,1-3H3,(H,32,39);1-2H3/t24?,28-;/m0./s1. The molecule has 1 saturated heterocycles. The third kappa shape index (κ3) is 9.32. The molecule has 0 bridgehead atoms. The molecule has 3 rings (SSSR count). The first-order valence-electron chi connectivity index (χ1n) is 14.7. The molecule has 1 aliphatic heterocycles. The summed E-state index contributed by atoms with van der Waals surface area (Å²) >= 11 is 0. The molecule has 2 atom stereocenters. The Morgan fingerprint density at radius 1 is 1.02 bits per heavy atom. The van der Waals surface area contributed by atoms with Gasteiger partial charge >= 0.3 is 6.03 Å². The number of unbranched alkanes of at least 4 members (excludes halogenated alkanes) is 4. The zero-order valence-corrected chi connectivity index (χ0v) is 25.3. The van der Waals surface area contributed by atoms with E-state index < -0.39 is 18.2 Å². The maximum atomic E-state index is 13.9. The Balaban J connectivity index is 0.00000287. The van der Waals surface area contributed by atoms with E-state index in [1.165, 1.54) is 21.3 Å². The quantitative estimate of drug-likeness (QED) is 0.279. The van der Waals surface area contributed by atoms with Crippen LogP contribution in [0.5, 0.6) is 0 Å². The van der Waals surface area contributed by atoms with Crippen molar-refractivity contribution in [2.45, 2.75) is 78.6 Å². The van der Waals surface area contributed by atoms with Crippen molar-refractivity contribution in [3.8, 4) is 6.07 Å². The second-order valence-electron chi connectivity index (χ2n) is 9.89. The summed E-state index contributed by atoms with van der Waals surface area (Å²) in [6.45, 7) is 8.44. The SMILES string of the molecule is CC.CCCCCCCN(C)C(=O)[C@H](c1ccccc1)N1C(=O)CN(CC#N)N(C(=O)NCc2ccccc2)C1C. The molecule has 1 N–H and O–H groups in total. The van der Waals surface area contributed by atoms with E-state index in [-0.39, 0.29) is 24.9 Å². The Bertz CT molecular complexity index is 1120. The molecular weight excluding hydrogens is 516 g/mol. The van der Waals surface area contributed by atoms with Crippen LogP contribution in [0.3, 0.4) is 0 Å². The van der Waals surface area contributed by atoms with Crippen molar-refractivity contribution >= 4 is 17.8 Å². The van der Waals surface area contributed by atoms with Gasteiger partial charge in [0, 0.05) is 20.1 Å². The molecule has 9 heteroatoms. The number of urea groups is 1. The van der Waals surface area contributed by atoms with Crippen LogP contribution >= 0.6 is 0 Å². The van der Waals surface area contributed by atoms with Crippen LogP contribution in [0.15, 0.2) is 60.7 Å². The molecule has 9 nitrogen and oxygen atoms in total. The van der Waals surface area contributed by atoms with Gasteiger partial charge in [-0.15, -0.1) is 0 Å².